The number of hydrogen-bond acceptors (Lipinski definition) is 5. The van der Waals surface area contributed by atoms with Crippen molar-refractivity contribution >= 4 is 35.4 Å². The van der Waals surface area contributed by atoms with Crippen LogP contribution in [0.5, 0.6) is 0 Å². The van der Waals surface area contributed by atoms with E-state index in [-0.39, 0.29) is 41.7 Å². The number of benzene rings is 1. The number of piperazine rings is 1. The Morgan fingerprint density at radius 2 is 1.66 bits per heavy atom. The molecule has 0 radical (unpaired) electrons. The quantitative estimate of drug-likeness (QED) is 0.536. The summed E-state index contributed by atoms with van der Waals surface area (Å²) >= 11 is 5.51. The van der Waals surface area contributed by atoms with E-state index in [0.29, 0.717) is 43.9 Å². The normalized spacial score (nSPS) is 16.5. The number of amides is 4. The minimum absolute atomic E-state index is 0.148. The minimum atomic E-state index is -0.440. The van der Waals surface area contributed by atoms with Gasteiger partial charge in [0.05, 0.1) is 17.0 Å². The molecule has 2 aliphatic heterocycles. The first-order valence-corrected chi connectivity index (χ1v) is 10.1. The maximum Gasteiger partial charge on any atom is 0.409 e. The Kier molecular flexibility index (Phi) is 6.42. The van der Waals surface area contributed by atoms with Crippen molar-refractivity contribution in [2.45, 2.75) is 13.8 Å². The molecular formula is C20H24ClN3O5. The summed E-state index contributed by atoms with van der Waals surface area (Å²) in [7, 11) is 0. The molecule has 9 heteroatoms. The van der Waals surface area contributed by atoms with Crippen LogP contribution in [0.3, 0.4) is 0 Å². The van der Waals surface area contributed by atoms with Crippen LogP contribution in [0.15, 0.2) is 18.2 Å². The molecule has 0 atom stereocenters. The van der Waals surface area contributed by atoms with E-state index in [1.165, 1.54) is 15.9 Å². The lowest BCUT2D eigenvalue weighted by Crippen LogP contribution is -2.50. The highest BCUT2D eigenvalue weighted by molar-refractivity contribution is 6.22. The van der Waals surface area contributed by atoms with Crippen molar-refractivity contribution in [1.29, 1.82) is 0 Å². The fraction of sp³-hybridized carbons (Fsp3) is 0.500. The van der Waals surface area contributed by atoms with Gasteiger partial charge in [-0.15, -0.1) is 11.6 Å². The van der Waals surface area contributed by atoms with Crippen molar-refractivity contribution in [1.82, 2.24) is 14.7 Å². The summed E-state index contributed by atoms with van der Waals surface area (Å²) in [4.78, 5) is 54.2. The predicted molar refractivity (Wildman–Crippen MR) is 106 cm³/mol. The van der Waals surface area contributed by atoms with Crippen molar-refractivity contribution in [3.63, 3.8) is 0 Å². The first-order chi connectivity index (χ1) is 13.8. The monoisotopic (exact) mass is 421 g/mol. The molecule has 1 fully saturated rings. The van der Waals surface area contributed by atoms with Crippen LogP contribution in [-0.2, 0) is 4.74 Å². The third-order valence-electron chi connectivity index (χ3n) is 4.89. The summed E-state index contributed by atoms with van der Waals surface area (Å²) in [6.07, 6.45) is -0.440. The Bertz CT molecular complexity index is 833. The second-order valence-electron chi connectivity index (χ2n) is 7.46. The molecule has 2 aliphatic rings. The van der Waals surface area contributed by atoms with Crippen LogP contribution < -0.4 is 0 Å². The first kappa shape index (κ1) is 21.1. The van der Waals surface area contributed by atoms with Crippen LogP contribution in [0.25, 0.3) is 0 Å². The highest BCUT2D eigenvalue weighted by atomic mass is 35.5. The largest absolute Gasteiger partial charge is 0.448 e. The summed E-state index contributed by atoms with van der Waals surface area (Å²) in [6.45, 7) is 5.80. The lowest BCUT2D eigenvalue weighted by atomic mass is 10.0. The Morgan fingerprint density at radius 3 is 2.28 bits per heavy atom. The number of halogens is 1. The van der Waals surface area contributed by atoms with Crippen molar-refractivity contribution in [3.8, 4) is 0 Å². The van der Waals surface area contributed by atoms with Gasteiger partial charge in [0.15, 0.2) is 0 Å². The highest BCUT2D eigenvalue weighted by Gasteiger charge is 2.36. The Balaban J connectivity index is 1.67. The molecule has 3 rings (SSSR count). The van der Waals surface area contributed by atoms with Crippen LogP contribution in [-0.4, -0.2) is 83.7 Å². The average Bonchev–Trinajstić information content (AvgIpc) is 2.95. The van der Waals surface area contributed by atoms with Gasteiger partial charge in [-0.2, -0.15) is 0 Å². The fourth-order valence-corrected chi connectivity index (χ4v) is 3.52. The van der Waals surface area contributed by atoms with Crippen LogP contribution in [0.4, 0.5) is 4.79 Å². The third kappa shape index (κ3) is 4.37. The van der Waals surface area contributed by atoms with Gasteiger partial charge in [0.2, 0.25) is 0 Å². The number of carbonyl (C=O) groups excluding carboxylic acids is 4. The zero-order chi connectivity index (χ0) is 21.1. The molecule has 0 aliphatic carbocycles. The maximum absolute atomic E-state index is 12.9. The lowest BCUT2D eigenvalue weighted by Gasteiger charge is -2.34. The summed E-state index contributed by atoms with van der Waals surface area (Å²) < 4.78 is 5.00. The van der Waals surface area contributed by atoms with Crippen LogP contribution in [0, 0.1) is 5.92 Å². The molecule has 0 bridgehead atoms. The minimum Gasteiger partial charge on any atom is -0.448 e. The van der Waals surface area contributed by atoms with E-state index in [1.54, 1.807) is 17.0 Å². The lowest BCUT2D eigenvalue weighted by molar-refractivity contribution is 0.0572. The van der Waals surface area contributed by atoms with Gasteiger partial charge >= 0.3 is 6.09 Å². The van der Waals surface area contributed by atoms with Gasteiger partial charge in [-0.3, -0.25) is 19.3 Å². The third-order valence-corrected chi connectivity index (χ3v) is 5.05. The highest BCUT2D eigenvalue weighted by Crippen LogP contribution is 2.25. The van der Waals surface area contributed by atoms with Crippen molar-refractivity contribution in [3.05, 3.63) is 34.9 Å². The van der Waals surface area contributed by atoms with Gasteiger partial charge in [0.25, 0.3) is 17.7 Å². The Hall–Kier alpha value is -2.61. The number of ether oxygens (including phenoxy) is 1. The molecule has 1 aromatic rings. The van der Waals surface area contributed by atoms with Crippen LogP contribution in [0.1, 0.15) is 44.9 Å². The number of rotatable bonds is 5. The second kappa shape index (κ2) is 8.82. The van der Waals surface area contributed by atoms with E-state index in [2.05, 4.69) is 0 Å². The molecule has 29 heavy (non-hydrogen) atoms. The van der Waals surface area contributed by atoms with E-state index in [4.69, 9.17) is 16.3 Å². The summed E-state index contributed by atoms with van der Waals surface area (Å²) in [5, 5.41) is 0. The summed E-state index contributed by atoms with van der Waals surface area (Å²) in [5.74, 6) is -0.518. The predicted octanol–water partition coefficient (Wildman–Crippen LogP) is 2.07. The molecule has 8 nitrogen and oxygen atoms in total. The van der Waals surface area contributed by atoms with Gasteiger partial charge in [0.1, 0.15) is 6.61 Å². The zero-order valence-electron chi connectivity index (χ0n) is 16.5. The van der Waals surface area contributed by atoms with Gasteiger partial charge in [-0.25, -0.2) is 4.79 Å². The average molecular weight is 422 g/mol. The second-order valence-corrected chi connectivity index (χ2v) is 7.84. The molecule has 0 aromatic heterocycles. The summed E-state index contributed by atoms with van der Waals surface area (Å²) in [6, 6.07) is 4.62. The number of hydrogen-bond donors (Lipinski definition) is 0. The number of carbonyl (C=O) groups is 4. The van der Waals surface area contributed by atoms with E-state index in [0.717, 1.165) is 0 Å². The molecule has 2 heterocycles. The summed E-state index contributed by atoms with van der Waals surface area (Å²) in [5.41, 5.74) is 0.957. The number of imide groups is 1. The topological polar surface area (TPSA) is 87.2 Å². The molecule has 0 N–H and O–H groups in total. The molecule has 1 saturated heterocycles. The van der Waals surface area contributed by atoms with Crippen molar-refractivity contribution in [2.75, 3.05) is 45.2 Å². The smallest absolute Gasteiger partial charge is 0.409 e. The Labute approximate surface area is 174 Å². The van der Waals surface area contributed by atoms with Crippen molar-refractivity contribution in [2.24, 2.45) is 5.92 Å². The zero-order valence-corrected chi connectivity index (χ0v) is 17.3. The first-order valence-electron chi connectivity index (χ1n) is 9.60. The van der Waals surface area contributed by atoms with Crippen molar-refractivity contribution < 1.29 is 23.9 Å². The fourth-order valence-electron chi connectivity index (χ4n) is 3.45. The number of nitrogens with zero attached hydrogens (tertiary/aromatic N) is 3. The molecule has 0 spiro atoms. The van der Waals surface area contributed by atoms with E-state index in [1.807, 2.05) is 13.8 Å². The SMILES string of the molecule is CC(C)CN1C(=O)c2ccc(C(=O)N3CCN(C(=O)OCCCl)CC3)cc2C1=O. The molecule has 4 amide bonds. The van der Waals surface area contributed by atoms with Gasteiger partial charge in [-0.05, 0) is 24.1 Å². The van der Waals surface area contributed by atoms with E-state index >= 15 is 0 Å². The van der Waals surface area contributed by atoms with Gasteiger partial charge in [-0.1, -0.05) is 13.8 Å². The molecular weight excluding hydrogens is 398 g/mol. The molecule has 0 saturated carbocycles. The molecule has 1 aromatic carbocycles. The standard InChI is InChI=1S/C20H24ClN3O5/c1-13(2)12-24-18(26)15-4-3-14(11-16(15)19(24)27)17(25)22-6-8-23(9-7-22)20(28)29-10-5-21/h3-4,11,13H,5-10,12H2,1-2H3. The van der Waals surface area contributed by atoms with Gasteiger partial charge in [0, 0.05) is 38.3 Å². The van der Waals surface area contributed by atoms with Gasteiger partial charge < -0.3 is 14.5 Å². The molecule has 156 valence electrons. The van der Waals surface area contributed by atoms with E-state index in [9.17, 15) is 19.2 Å². The van der Waals surface area contributed by atoms with Crippen LogP contribution >= 0.6 is 11.6 Å². The molecule has 0 unspecified atom stereocenters. The van der Waals surface area contributed by atoms with E-state index < -0.39 is 6.09 Å². The number of alkyl halides is 1. The number of fused-ring (bicyclic) bond motifs is 1. The van der Waals surface area contributed by atoms with Crippen LogP contribution in [0.2, 0.25) is 0 Å². The maximum atomic E-state index is 12.9. The Morgan fingerprint density at radius 1 is 1.03 bits per heavy atom.